The van der Waals surface area contributed by atoms with Crippen molar-refractivity contribution in [2.24, 2.45) is 0 Å². The quantitative estimate of drug-likeness (QED) is 0.206. The first-order valence-corrected chi connectivity index (χ1v) is 13.0. The van der Waals surface area contributed by atoms with Gasteiger partial charge in [-0.15, -0.1) is 0 Å². The molecule has 1 atom stereocenters. The fraction of sp³-hybridized carbons (Fsp3) is 0.312. The van der Waals surface area contributed by atoms with E-state index in [1.54, 1.807) is 43.5 Å². The number of ether oxygens (including phenoxy) is 3. The zero-order valence-electron chi connectivity index (χ0n) is 23.5. The third-order valence-corrected chi connectivity index (χ3v) is 6.68. The fourth-order valence-electron chi connectivity index (χ4n) is 4.85. The first kappa shape index (κ1) is 27.8. The molecule has 0 radical (unpaired) electrons. The second kappa shape index (κ2) is 11.2. The number of aryl methyl sites for hydroxylation is 3. The molecule has 4 rings (SSSR count). The van der Waals surface area contributed by atoms with Gasteiger partial charge in [-0.3, -0.25) is 14.5 Å². The Kier molecular flexibility index (Phi) is 8.00. The molecule has 1 saturated heterocycles. The Hall–Kier alpha value is -4.26. The van der Waals surface area contributed by atoms with Gasteiger partial charge in [-0.1, -0.05) is 18.2 Å². The van der Waals surface area contributed by atoms with Crippen LogP contribution in [0, 0.1) is 20.8 Å². The van der Waals surface area contributed by atoms with Crippen molar-refractivity contribution in [1.29, 1.82) is 0 Å². The van der Waals surface area contributed by atoms with Crippen molar-refractivity contribution < 1.29 is 28.9 Å². The Labute approximate surface area is 229 Å². The molecule has 7 nitrogen and oxygen atoms in total. The minimum atomic E-state index is -0.887. The third kappa shape index (κ3) is 5.35. The van der Waals surface area contributed by atoms with Crippen LogP contribution in [0.1, 0.15) is 54.6 Å². The minimum absolute atomic E-state index is 0.00505. The van der Waals surface area contributed by atoms with Crippen LogP contribution in [-0.4, -0.2) is 36.6 Å². The van der Waals surface area contributed by atoms with Gasteiger partial charge >= 0.3 is 0 Å². The average Bonchev–Trinajstić information content (AvgIpc) is 3.16. The predicted octanol–water partition coefficient (Wildman–Crippen LogP) is 6.43. The van der Waals surface area contributed by atoms with Gasteiger partial charge in [0.1, 0.15) is 11.5 Å². The molecule has 0 spiro atoms. The number of ketones is 1. The number of amides is 1. The van der Waals surface area contributed by atoms with Crippen molar-refractivity contribution in [1.82, 2.24) is 0 Å². The van der Waals surface area contributed by atoms with Crippen molar-refractivity contribution >= 4 is 23.1 Å². The van der Waals surface area contributed by atoms with E-state index >= 15 is 0 Å². The van der Waals surface area contributed by atoms with Crippen molar-refractivity contribution in [3.8, 4) is 17.2 Å². The summed E-state index contributed by atoms with van der Waals surface area (Å²) in [6, 6.07) is 15.4. The molecule has 0 aromatic heterocycles. The number of carbonyl (C=O) groups is 2. The summed E-state index contributed by atoms with van der Waals surface area (Å²) >= 11 is 0. The van der Waals surface area contributed by atoms with Crippen LogP contribution in [0.15, 0.2) is 60.2 Å². The number of aliphatic hydroxyl groups is 1. The molecule has 1 amide bonds. The number of rotatable bonds is 8. The lowest BCUT2D eigenvalue weighted by atomic mass is 9.94. The highest BCUT2D eigenvalue weighted by molar-refractivity contribution is 6.51. The Balaban J connectivity index is 1.96. The van der Waals surface area contributed by atoms with E-state index in [2.05, 4.69) is 0 Å². The number of hydrogen-bond donors (Lipinski definition) is 1. The van der Waals surface area contributed by atoms with Gasteiger partial charge in [-0.25, -0.2) is 0 Å². The number of hydrogen-bond acceptors (Lipinski definition) is 6. The lowest BCUT2D eigenvalue weighted by Gasteiger charge is -2.27. The van der Waals surface area contributed by atoms with Crippen molar-refractivity contribution in [2.75, 3.05) is 18.6 Å². The Morgan fingerprint density at radius 1 is 0.923 bits per heavy atom. The maximum absolute atomic E-state index is 13.6. The summed E-state index contributed by atoms with van der Waals surface area (Å²) in [5.74, 6) is -0.0202. The standard InChI is InChI=1S/C32H35NO6/c1-8-38-27-17-22(11-14-26(27)37-7)29-28(30(34)23-12-13-25(21(6)16-23)39-18(2)3)31(35)32(36)33(29)24-15-19(4)9-10-20(24)5/h9-18,29,34H,8H2,1-7H3/b30-28-. The molecule has 3 aromatic rings. The Morgan fingerprint density at radius 2 is 1.64 bits per heavy atom. The van der Waals surface area contributed by atoms with E-state index in [4.69, 9.17) is 14.2 Å². The Bertz CT molecular complexity index is 1460. The van der Waals surface area contributed by atoms with Crippen molar-refractivity contribution in [3.63, 3.8) is 0 Å². The van der Waals surface area contributed by atoms with E-state index in [1.165, 1.54) is 4.90 Å². The second-order valence-corrected chi connectivity index (χ2v) is 9.95. The highest BCUT2D eigenvalue weighted by atomic mass is 16.5. The van der Waals surface area contributed by atoms with Gasteiger partial charge in [0.05, 0.1) is 31.4 Å². The summed E-state index contributed by atoms with van der Waals surface area (Å²) in [5, 5.41) is 11.6. The van der Waals surface area contributed by atoms with E-state index in [-0.39, 0.29) is 17.4 Å². The van der Waals surface area contributed by atoms with E-state index < -0.39 is 17.7 Å². The van der Waals surface area contributed by atoms with E-state index in [0.29, 0.717) is 40.7 Å². The number of anilines is 1. The van der Waals surface area contributed by atoms with E-state index in [0.717, 1.165) is 16.7 Å². The third-order valence-electron chi connectivity index (χ3n) is 6.68. The summed E-state index contributed by atoms with van der Waals surface area (Å²) in [6.07, 6.45) is -0.0133. The van der Waals surface area contributed by atoms with E-state index in [9.17, 15) is 14.7 Å². The monoisotopic (exact) mass is 529 g/mol. The van der Waals surface area contributed by atoms with Crippen LogP contribution in [0.2, 0.25) is 0 Å². The number of Topliss-reactive ketones (excluding diaryl/α,β-unsaturated/α-hetero) is 1. The molecule has 39 heavy (non-hydrogen) atoms. The van der Waals surface area contributed by atoms with Crippen LogP contribution in [0.25, 0.3) is 5.76 Å². The number of benzene rings is 3. The molecule has 1 fully saturated rings. The summed E-state index contributed by atoms with van der Waals surface area (Å²) in [4.78, 5) is 28.7. The molecule has 1 unspecified atom stereocenters. The smallest absolute Gasteiger partial charge is 0.300 e. The number of nitrogens with zero attached hydrogens (tertiary/aromatic N) is 1. The number of carbonyl (C=O) groups excluding carboxylic acids is 2. The molecular weight excluding hydrogens is 494 g/mol. The Morgan fingerprint density at radius 3 is 2.28 bits per heavy atom. The highest BCUT2D eigenvalue weighted by Crippen LogP contribution is 2.45. The molecule has 1 aliphatic heterocycles. The predicted molar refractivity (Wildman–Crippen MR) is 152 cm³/mol. The summed E-state index contributed by atoms with van der Waals surface area (Å²) < 4.78 is 17.1. The molecule has 1 heterocycles. The van der Waals surface area contributed by atoms with E-state index in [1.807, 2.05) is 59.7 Å². The minimum Gasteiger partial charge on any atom is -0.507 e. The lowest BCUT2D eigenvalue weighted by Crippen LogP contribution is -2.30. The molecule has 0 saturated carbocycles. The largest absolute Gasteiger partial charge is 0.507 e. The molecule has 0 bridgehead atoms. The highest BCUT2D eigenvalue weighted by Gasteiger charge is 2.47. The first-order valence-electron chi connectivity index (χ1n) is 13.0. The fourth-order valence-corrected chi connectivity index (χ4v) is 4.85. The molecule has 204 valence electrons. The number of methoxy groups -OCH3 is 1. The summed E-state index contributed by atoms with van der Waals surface area (Å²) in [5.41, 5.74) is 4.21. The normalized spacial score (nSPS) is 16.6. The van der Waals surface area contributed by atoms with Crippen molar-refractivity contribution in [3.05, 3.63) is 88.0 Å². The second-order valence-electron chi connectivity index (χ2n) is 9.95. The molecule has 1 aliphatic rings. The molecular formula is C32H35NO6. The van der Waals surface area contributed by atoms with Crippen LogP contribution in [0.4, 0.5) is 5.69 Å². The van der Waals surface area contributed by atoms with Gasteiger partial charge in [0, 0.05) is 11.3 Å². The SMILES string of the molecule is CCOc1cc(C2/C(=C(/O)c3ccc(OC(C)C)c(C)c3)C(=O)C(=O)N2c2cc(C)ccc2C)ccc1OC. The van der Waals surface area contributed by atoms with Gasteiger partial charge in [0.2, 0.25) is 0 Å². The molecule has 1 N–H and O–H groups in total. The summed E-state index contributed by atoms with van der Waals surface area (Å²) in [6.45, 7) is 11.8. The van der Waals surface area contributed by atoms with Crippen LogP contribution in [0.5, 0.6) is 17.2 Å². The topological polar surface area (TPSA) is 85.3 Å². The molecule has 7 heteroatoms. The average molecular weight is 530 g/mol. The van der Waals surface area contributed by atoms with Gasteiger partial charge < -0.3 is 19.3 Å². The summed E-state index contributed by atoms with van der Waals surface area (Å²) in [7, 11) is 1.55. The molecule has 3 aromatic carbocycles. The van der Waals surface area contributed by atoms with Crippen molar-refractivity contribution in [2.45, 2.75) is 53.7 Å². The first-order chi connectivity index (χ1) is 18.6. The zero-order chi connectivity index (χ0) is 28.4. The van der Waals surface area contributed by atoms with Gasteiger partial charge in [-0.05, 0) is 100 Å². The van der Waals surface area contributed by atoms with Crippen LogP contribution in [-0.2, 0) is 9.59 Å². The van der Waals surface area contributed by atoms with Gasteiger partial charge in [0.15, 0.2) is 11.5 Å². The van der Waals surface area contributed by atoms with Crippen LogP contribution >= 0.6 is 0 Å². The zero-order valence-corrected chi connectivity index (χ0v) is 23.5. The van der Waals surface area contributed by atoms with Crippen LogP contribution in [0.3, 0.4) is 0 Å². The lowest BCUT2D eigenvalue weighted by molar-refractivity contribution is -0.132. The van der Waals surface area contributed by atoms with Crippen LogP contribution < -0.4 is 19.1 Å². The maximum Gasteiger partial charge on any atom is 0.300 e. The van der Waals surface area contributed by atoms with Gasteiger partial charge in [0.25, 0.3) is 11.7 Å². The maximum atomic E-state index is 13.6. The number of aliphatic hydroxyl groups excluding tert-OH is 1. The van der Waals surface area contributed by atoms with Gasteiger partial charge in [-0.2, -0.15) is 0 Å². The molecule has 0 aliphatic carbocycles.